The van der Waals surface area contributed by atoms with E-state index in [4.69, 9.17) is 11.6 Å². The van der Waals surface area contributed by atoms with Gasteiger partial charge in [0.05, 0.1) is 17.9 Å². The van der Waals surface area contributed by atoms with Crippen LogP contribution in [0.2, 0.25) is 5.15 Å². The van der Waals surface area contributed by atoms with E-state index < -0.39 is 5.60 Å². The van der Waals surface area contributed by atoms with Crippen LogP contribution in [0.1, 0.15) is 50.5 Å². The number of imidazole rings is 1. The van der Waals surface area contributed by atoms with Crippen molar-refractivity contribution in [3.63, 3.8) is 0 Å². The molecule has 2 rings (SSSR count). The fourth-order valence-electron chi connectivity index (χ4n) is 2.78. The van der Waals surface area contributed by atoms with Crippen LogP contribution in [-0.2, 0) is 13.0 Å². The Morgan fingerprint density at radius 1 is 1.38 bits per heavy atom. The SMILES string of the molecule is CCCCc1nc(Cl)c(CN2CCCC(O)(CO)CC2)[nH]1. The van der Waals surface area contributed by atoms with Gasteiger partial charge in [-0.2, -0.15) is 0 Å². The number of aromatic amines is 1. The lowest BCUT2D eigenvalue weighted by molar-refractivity contribution is -0.0255. The maximum absolute atomic E-state index is 10.2. The van der Waals surface area contributed by atoms with Crippen LogP contribution in [0, 0.1) is 0 Å². The molecule has 1 aromatic heterocycles. The van der Waals surface area contributed by atoms with Gasteiger partial charge >= 0.3 is 0 Å². The van der Waals surface area contributed by atoms with Crippen LogP contribution in [0.25, 0.3) is 0 Å². The normalized spacial score (nSPS) is 24.2. The zero-order chi connectivity index (χ0) is 15.3. The third-order valence-corrected chi connectivity index (χ3v) is 4.54. The fourth-order valence-corrected chi connectivity index (χ4v) is 2.99. The number of aliphatic hydroxyl groups excluding tert-OH is 1. The van der Waals surface area contributed by atoms with Crippen molar-refractivity contribution in [3.05, 3.63) is 16.7 Å². The molecular formula is C15H26ClN3O2. The van der Waals surface area contributed by atoms with E-state index in [9.17, 15) is 10.2 Å². The number of nitrogens with one attached hydrogen (secondary N) is 1. The number of aromatic nitrogens is 2. The zero-order valence-corrected chi connectivity index (χ0v) is 13.5. The lowest BCUT2D eigenvalue weighted by atomic mass is 9.96. The summed E-state index contributed by atoms with van der Waals surface area (Å²) in [6.45, 7) is 4.38. The Balaban J connectivity index is 1.93. The van der Waals surface area contributed by atoms with Crippen molar-refractivity contribution >= 4 is 11.6 Å². The summed E-state index contributed by atoms with van der Waals surface area (Å²) in [5.41, 5.74) is 0.0379. The van der Waals surface area contributed by atoms with E-state index in [0.29, 0.717) is 18.0 Å². The second-order valence-electron chi connectivity index (χ2n) is 6.07. The molecule has 3 N–H and O–H groups in total. The Hall–Kier alpha value is -0.620. The Labute approximate surface area is 131 Å². The Morgan fingerprint density at radius 2 is 2.19 bits per heavy atom. The van der Waals surface area contributed by atoms with Gasteiger partial charge in [-0.15, -0.1) is 0 Å². The topological polar surface area (TPSA) is 72.4 Å². The number of aliphatic hydroxyl groups is 2. The van der Waals surface area contributed by atoms with Gasteiger partial charge in [-0.05, 0) is 32.2 Å². The molecule has 1 saturated heterocycles. The number of unbranched alkanes of at least 4 members (excludes halogenated alkanes) is 1. The average Bonchev–Trinajstić information content (AvgIpc) is 2.70. The van der Waals surface area contributed by atoms with Crippen molar-refractivity contribution in [1.29, 1.82) is 0 Å². The van der Waals surface area contributed by atoms with E-state index in [2.05, 4.69) is 21.8 Å². The van der Waals surface area contributed by atoms with Crippen LogP contribution in [0.5, 0.6) is 0 Å². The van der Waals surface area contributed by atoms with Gasteiger partial charge in [0, 0.05) is 19.5 Å². The molecule has 0 radical (unpaired) electrons. The molecule has 0 saturated carbocycles. The van der Waals surface area contributed by atoms with E-state index >= 15 is 0 Å². The lowest BCUT2D eigenvalue weighted by Crippen LogP contribution is -2.34. The molecule has 0 aliphatic carbocycles. The van der Waals surface area contributed by atoms with Crippen LogP contribution in [-0.4, -0.2) is 50.4 Å². The number of halogens is 1. The first kappa shape index (κ1) is 16.7. The zero-order valence-electron chi connectivity index (χ0n) is 12.7. The van der Waals surface area contributed by atoms with Crippen LogP contribution in [0.3, 0.4) is 0 Å². The van der Waals surface area contributed by atoms with Crippen LogP contribution in [0.15, 0.2) is 0 Å². The number of H-pyrrole nitrogens is 1. The van der Waals surface area contributed by atoms with Crippen LogP contribution < -0.4 is 0 Å². The monoisotopic (exact) mass is 315 g/mol. The van der Waals surface area contributed by atoms with Crippen molar-refractivity contribution in [2.24, 2.45) is 0 Å². The number of hydrogen-bond acceptors (Lipinski definition) is 4. The van der Waals surface area contributed by atoms with Gasteiger partial charge < -0.3 is 15.2 Å². The number of likely N-dealkylation sites (tertiary alicyclic amines) is 1. The summed E-state index contributed by atoms with van der Waals surface area (Å²) < 4.78 is 0. The standard InChI is InChI=1S/C15H26ClN3O2/c1-2-3-5-13-17-12(14(16)18-13)10-19-8-4-6-15(21,11-20)7-9-19/h20-21H,2-11H2,1H3,(H,17,18). The van der Waals surface area contributed by atoms with E-state index in [-0.39, 0.29) is 6.61 Å². The summed E-state index contributed by atoms with van der Waals surface area (Å²) in [5, 5.41) is 20.0. The highest BCUT2D eigenvalue weighted by Crippen LogP contribution is 2.24. The molecule has 0 spiro atoms. The predicted octanol–water partition coefficient (Wildman–Crippen LogP) is 2.11. The summed E-state index contributed by atoms with van der Waals surface area (Å²) >= 11 is 6.21. The first-order valence-corrected chi connectivity index (χ1v) is 8.23. The number of nitrogens with zero attached hydrogens (tertiary/aromatic N) is 2. The molecule has 0 aromatic carbocycles. The molecule has 1 atom stereocenters. The molecule has 1 aromatic rings. The summed E-state index contributed by atoms with van der Waals surface area (Å²) in [5.74, 6) is 0.957. The van der Waals surface area contributed by atoms with Gasteiger partial charge in [0.25, 0.3) is 0 Å². The molecule has 0 bridgehead atoms. The van der Waals surface area contributed by atoms with Crippen LogP contribution >= 0.6 is 11.6 Å². The maximum Gasteiger partial charge on any atom is 0.151 e. The third kappa shape index (κ3) is 4.68. The molecule has 120 valence electrons. The first-order valence-electron chi connectivity index (χ1n) is 7.85. The molecule has 1 aliphatic rings. The summed E-state index contributed by atoms with van der Waals surface area (Å²) in [4.78, 5) is 9.96. The molecule has 21 heavy (non-hydrogen) atoms. The highest BCUT2D eigenvalue weighted by Gasteiger charge is 2.29. The summed E-state index contributed by atoms with van der Waals surface area (Å²) in [6, 6.07) is 0. The summed E-state index contributed by atoms with van der Waals surface area (Å²) in [6.07, 6.45) is 5.30. The first-order chi connectivity index (χ1) is 10.1. The second kappa shape index (κ2) is 7.58. The van der Waals surface area contributed by atoms with Crippen molar-refractivity contribution < 1.29 is 10.2 Å². The Bertz CT molecular complexity index is 452. The van der Waals surface area contributed by atoms with E-state index in [1.165, 1.54) is 0 Å². The van der Waals surface area contributed by atoms with Crippen molar-refractivity contribution in [3.8, 4) is 0 Å². The molecule has 1 fully saturated rings. The molecular weight excluding hydrogens is 290 g/mol. The van der Waals surface area contributed by atoms with Crippen molar-refractivity contribution in [2.75, 3.05) is 19.7 Å². The highest BCUT2D eigenvalue weighted by atomic mass is 35.5. The van der Waals surface area contributed by atoms with E-state index in [1.807, 2.05) is 0 Å². The quantitative estimate of drug-likeness (QED) is 0.752. The summed E-state index contributed by atoms with van der Waals surface area (Å²) in [7, 11) is 0. The van der Waals surface area contributed by atoms with E-state index in [0.717, 1.165) is 56.8 Å². The molecule has 0 amide bonds. The molecule has 1 unspecified atom stereocenters. The van der Waals surface area contributed by atoms with Gasteiger partial charge in [-0.1, -0.05) is 24.9 Å². The minimum atomic E-state index is -0.918. The molecule has 5 nitrogen and oxygen atoms in total. The smallest absolute Gasteiger partial charge is 0.151 e. The van der Waals surface area contributed by atoms with Gasteiger partial charge in [0.2, 0.25) is 0 Å². The fraction of sp³-hybridized carbons (Fsp3) is 0.800. The molecule has 6 heteroatoms. The lowest BCUT2D eigenvalue weighted by Gasteiger charge is -2.24. The Kier molecular flexibility index (Phi) is 6.05. The highest BCUT2D eigenvalue weighted by molar-refractivity contribution is 6.30. The Morgan fingerprint density at radius 3 is 2.90 bits per heavy atom. The molecule has 2 heterocycles. The predicted molar refractivity (Wildman–Crippen MR) is 83.4 cm³/mol. The number of rotatable bonds is 6. The second-order valence-corrected chi connectivity index (χ2v) is 6.43. The maximum atomic E-state index is 10.2. The van der Waals surface area contributed by atoms with E-state index in [1.54, 1.807) is 0 Å². The van der Waals surface area contributed by atoms with Gasteiger partial charge in [-0.3, -0.25) is 4.90 Å². The largest absolute Gasteiger partial charge is 0.393 e. The van der Waals surface area contributed by atoms with Gasteiger partial charge in [-0.25, -0.2) is 4.98 Å². The van der Waals surface area contributed by atoms with Gasteiger partial charge in [0.1, 0.15) is 5.82 Å². The van der Waals surface area contributed by atoms with Gasteiger partial charge in [0.15, 0.2) is 5.15 Å². The minimum absolute atomic E-state index is 0.160. The van der Waals surface area contributed by atoms with Crippen molar-refractivity contribution in [1.82, 2.24) is 14.9 Å². The number of aryl methyl sites for hydroxylation is 1. The molecule has 1 aliphatic heterocycles. The minimum Gasteiger partial charge on any atom is -0.393 e. The number of hydrogen-bond donors (Lipinski definition) is 3. The average molecular weight is 316 g/mol. The van der Waals surface area contributed by atoms with Crippen molar-refractivity contribution in [2.45, 2.75) is 57.6 Å². The van der Waals surface area contributed by atoms with Crippen LogP contribution in [0.4, 0.5) is 0 Å². The third-order valence-electron chi connectivity index (χ3n) is 4.23.